The number of nitro benzene ring substituents is 1. The average Bonchev–Trinajstić information content (AvgIpc) is 3.25. The Balaban J connectivity index is 1.55. The maximum Gasteiger partial charge on any atom is 0.271 e. The summed E-state index contributed by atoms with van der Waals surface area (Å²) in [5, 5.41) is 10.9. The fourth-order valence-corrected chi connectivity index (χ4v) is 2.98. The second-order valence-electron chi connectivity index (χ2n) is 5.76. The van der Waals surface area contributed by atoms with Gasteiger partial charge < -0.3 is 14.4 Å². The summed E-state index contributed by atoms with van der Waals surface area (Å²) in [4.78, 5) is 24.6. The third-order valence-corrected chi connectivity index (χ3v) is 4.26. The number of benzene rings is 2. The zero-order valence-electron chi connectivity index (χ0n) is 13.2. The zero-order valence-corrected chi connectivity index (χ0v) is 13.2. The molecule has 2 aliphatic rings. The van der Waals surface area contributed by atoms with E-state index in [1.807, 2.05) is 6.07 Å². The minimum absolute atomic E-state index is 0.0156. The molecule has 0 aromatic heterocycles. The molecule has 25 heavy (non-hydrogen) atoms. The predicted molar refractivity (Wildman–Crippen MR) is 90.8 cm³/mol. The lowest BCUT2D eigenvalue weighted by Gasteiger charge is -2.14. The number of hydrogen-bond acceptors (Lipinski definition) is 5. The van der Waals surface area contributed by atoms with Crippen LogP contribution in [0.1, 0.15) is 11.1 Å². The van der Waals surface area contributed by atoms with Crippen molar-refractivity contribution in [1.29, 1.82) is 0 Å². The molecular formula is C18H14N2O5. The van der Waals surface area contributed by atoms with Crippen LogP contribution in [0.4, 0.5) is 11.4 Å². The van der Waals surface area contributed by atoms with Gasteiger partial charge in [-0.05, 0) is 35.8 Å². The molecule has 0 bridgehead atoms. The SMILES string of the molecule is O=C(/C=C/c1ccc2c(c1)OCO2)N1CCc2ccc([N+](=O)[O-])cc21. The van der Waals surface area contributed by atoms with Crippen molar-refractivity contribution in [2.24, 2.45) is 0 Å². The Morgan fingerprint density at radius 3 is 2.84 bits per heavy atom. The molecule has 1 amide bonds. The van der Waals surface area contributed by atoms with E-state index >= 15 is 0 Å². The van der Waals surface area contributed by atoms with E-state index in [4.69, 9.17) is 9.47 Å². The van der Waals surface area contributed by atoms with Gasteiger partial charge in [-0.1, -0.05) is 12.1 Å². The van der Waals surface area contributed by atoms with Crippen molar-refractivity contribution in [3.8, 4) is 11.5 Å². The molecule has 2 heterocycles. The third-order valence-electron chi connectivity index (χ3n) is 4.26. The van der Waals surface area contributed by atoms with Crippen molar-refractivity contribution in [3.63, 3.8) is 0 Å². The molecule has 0 radical (unpaired) electrons. The molecule has 7 heteroatoms. The fraction of sp³-hybridized carbons (Fsp3) is 0.167. The minimum Gasteiger partial charge on any atom is -0.454 e. The highest BCUT2D eigenvalue weighted by Crippen LogP contribution is 2.34. The molecular weight excluding hydrogens is 324 g/mol. The highest BCUT2D eigenvalue weighted by molar-refractivity contribution is 6.05. The number of nitro groups is 1. The van der Waals surface area contributed by atoms with Crippen LogP contribution < -0.4 is 14.4 Å². The van der Waals surface area contributed by atoms with Crippen molar-refractivity contribution in [2.45, 2.75) is 6.42 Å². The molecule has 2 aliphatic heterocycles. The number of fused-ring (bicyclic) bond motifs is 2. The Labute approximate surface area is 143 Å². The highest BCUT2D eigenvalue weighted by Gasteiger charge is 2.25. The van der Waals surface area contributed by atoms with Gasteiger partial charge in [-0.2, -0.15) is 0 Å². The van der Waals surface area contributed by atoms with Crippen LogP contribution >= 0.6 is 0 Å². The van der Waals surface area contributed by atoms with E-state index in [9.17, 15) is 14.9 Å². The molecule has 2 aromatic carbocycles. The Morgan fingerprint density at radius 2 is 2.00 bits per heavy atom. The summed E-state index contributed by atoms with van der Waals surface area (Å²) in [6.07, 6.45) is 3.85. The average molecular weight is 338 g/mol. The number of carbonyl (C=O) groups excluding carboxylic acids is 1. The Morgan fingerprint density at radius 1 is 1.16 bits per heavy atom. The summed E-state index contributed by atoms with van der Waals surface area (Å²) in [6.45, 7) is 0.714. The summed E-state index contributed by atoms with van der Waals surface area (Å²) in [5.74, 6) is 1.12. The van der Waals surface area contributed by atoms with Gasteiger partial charge >= 0.3 is 0 Å². The maximum atomic E-state index is 12.5. The first-order chi connectivity index (χ1) is 12.1. The van der Waals surface area contributed by atoms with Gasteiger partial charge in [-0.15, -0.1) is 0 Å². The first kappa shape index (κ1) is 15.2. The lowest BCUT2D eigenvalue weighted by Crippen LogP contribution is -2.26. The van der Waals surface area contributed by atoms with Crippen molar-refractivity contribution < 1.29 is 19.2 Å². The summed E-state index contributed by atoms with van der Waals surface area (Å²) < 4.78 is 10.6. The Kier molecular flexibility index (Phi) is 3.61. The van der Waals surface area contributed by atoms with Crippen LogP contribution in [0.3, 0.4) is 0 Å². The Bertz CT molecular complexity index is 906. The Hall–Kier alpha value is -3.35. The lowest BCUT2D eigenvalue weighted by molar-refractivity contribution is -0.384. The van der Waals surface area contributed by atoms with Crippen LogP contribution in [0, 0.1) is 10.1 Å². The topological polar surface area (TPSA) is 81.9 Å². The van der Waals surface area contributed by atoms with Crippen LogP contribution in [0.15, 0.2) is 42.5 Å². The third kappa shape index (κ3) is 2.80. The van der Waals surface area contributed by atoms with Crippen LogP contribution in [0.5, 0.6) is 11.5 Å². The standard InChI is InChI=1S/C18H14N2O5/c21-18(6-2-12-1-5-16-17(9-12)25-11-24-16)19-8-7-13-3-4-14(20(22)23)10-15(13)19/h1-6,9-10H,7-8,11H2/b6-2+. The summed E-state index contributed by atoms with van der Waals surface area (Å²) in [7, 11) is 0. The maximum absolute atomic E-state index is 12.5. The zero-order chi connectivity index (χ0) is 17.4. The molecule has 0 atom stereocenters. The first-order valence-corrected chi connectivity index (χ1v) is 7.78. The molecule has 0 N–H and O–H groups in total. The van der Waals surface area contributed by atoms with E-state index in [0.717, 1.165) is 11.1 Å². The molecule has 126 valence electrons. The molecule has 0 aliphatic carbocycles. The number of hydrogen-bond donors (Lipinski definition) is 0. The fourth-order valence-electron chi connectivity index (χ4n) is 2.98. The van der Waals surface area contributed by atoms with Crippen molar-refractivity contribution in [1.82, 2.24) is 0 Å². The number of non-ortho nitro benzene ring substituents is 1. The lowest BCUT2D eigenvalue weighted by atomic mass is 10.1. The monoisotopic (exact) mass is 338 g/mol. The largest absolute Gasteiger partial charge is 0.454 e. The van der Waals surface area contributed by atoms with Gasteiger partial charge in [-0.25, -0.2) is 0 Å². The van der Waals surface area contributed by atoms with Crippen LogP contribution in [0.25, 0.3) is 6.08 Å². The van der Waals surface area contributed by atoms with Gasteiger partial charge in [0.15, 0.2) is 11.5 Å². The summed E-state index contributed by atoms with van der Waals surface area (Å²) in [5.41, 5.74) is 2.35. The molecule has 0 spiro atoms. The smallest absolute Gasteiger partial charge is 0.271 e. The second kappa shape index (κ2) is 5.94. The van der Waals surface area contributed by atoms with Gasteiger partial charge in [0.25, 0.3) is 11.6 Å². The molecule has 0 saturated heterocycles. The normalized spacial score (nSPS) is 14.8. The minimum atomic E-state index is -0.455. The van der Waals surface area contributed by atoms with Crippen LogP contribution in [-0.2, 0) is 11.2 Å². The number of carbonyl (C=O) groups is 1. The second-order valence-corrected chi connectivity index (χ2v) is 5.76. The van der Waals surface area contributed by atoms with Gasteiger partial charge in [0.1, 0.15) is 0 Å². The van der Waals surface area contributed by atoms with E-state index in [1.165, 1.54) is 18.2 Å². The van der Waals surface area contributed by atoms with E-state index in [1.54, 1.807) is 29.2 Å². The summed E-state index contributed by atoms with van der Waals surface area (Å²) >= 11 is 0. The van der Waals surface area contributed by atoms with E-state index in [2.05, 4.69) is 0 Å². The number of amides is 1. The van der Waals surface area contributed by atoms with Crippen LogP contribution in [-0.4, -0.2) is 24.2 Å². The quantitative estimate of drug-likeness (QED) is 0.488. The van der Waals surface area contributed by atoms with Crippen molar-refractivity contribution in [3.05, 3.63) is 63.7 Å². The summed E-state index contributed by atoms with van der Waals surface area (Å²) in [6, 6.07) is 10.1. The van der Waals surface area contributed by atoms with Crippen molar-refractivity contribution in [2.75, 3.05) is 18.2 Å². The first-order valence-electron chi connectivity index (χ1n) is 7.78. The molecule has 7 nitrogen and oxygen atoms in total. The molecule has 0 unspecified atom stereocenters. The highest BCUT2D eigenvalue weighted by atomic mass is 16.7. The molecule has 0 fully saturated rings. The van der Waals surface area contributed by atoms with E-state index < -0.39 is 4.92 Å². The number of anilines is 1. The van der Waals surface area contributed by atoms with Gasteiger partial charge in [0.2, 0.25) is 6.79 Å². The number of nitrogens with zero attached hydrogens (tertiary/aromatic N) is 2. The molecule has 2 aromatic rings. The predicted octanol–water partition coefficient (Wildman–Crippen LogP) is 2.93. The van der Waals surface area contributed by atoms with Crippen LogP contribution in [0.2, 0.25) is 0 Å². The van der Waals surface area contributed by atoms with Gasteiger partial charge in [0.05, 0.1) is 10.6 Å². The number of ether oxygens (including phenoxy) is 2. The number of rotatable bonds is 3. The van der Waals surface area contributed by atoms with Crippen molar-refractivity contribution >= 4 is 23.4 Å². The van der Waals surface area contributed by atoms with Gasteiger partial charge in [-0.3, -0.25) is 14.9 Å². The molecule has 4 rings (SSSR count). The van der Waals surface area contributed by atoms with Gasteiger partial charge in [0, 0.05) is 24.8 Å². The molecule has 0 saturated carbocycles. The van der Waals surface area contributed by atoms with E-state index in [-0.39, 0.29) is 18.4 Å². The van der Waals surface area contributed by atoms with E-state index in [0.29, 0.717) is 30.2 Å².